The van der Waals surface area contributed by atoms with Gasteiger partial charge in [-0.1, -0.05) is 0 Å². The molecule has 0 aromatic heterocycles. The maximum Gasteiger partial charge on any atom is 0.188 e. The zero-order valence-electron chi connectivity index (χ0n) is 8.19. The van der Waals surface area contributed by atoms with Crippen LogP contribution in [0.15, 0.2) is 0 Å². The molecular formula is C8H18O4Si. The van der Waals surface area contributed by atoms with Gasteiger partial charge in [-0.15, -0.1) is 0 Å². The monoisotopic (exact) mass is 206 g/mol. The molecule has 0 amide bonds. The highest BCUT2D eigenvalue weighted by molar-refractivity contribution is 6.48. The summed E-state index contributed by atoms with van der Waals surface area (Å²) in [5.41, 5.74) is 0. The van der Waals surface area contributed by atoms with Crippen molar-refractivity contribution in [1.82, 2.24) is 0 Å². The van der Waals surface area contributed by atoms with Crippen LogP contribution in [0.4, 0.5) is 0 Å². The Morgan fingerprint density at radius 1 is 1.62 bits per heavy atom. The third-order valence-corrected chi connectivity index (χ3v) is 2.92. The van der Waals surface area contributed by atoms with E-state index in [-0.39, 0.29) is 19.3 Å². The van der Waals surface area contributed by atoms with Crippen LogP contribution >= 0.6 is 0 Å². The summed E-state index contributed by atoms with van der Waals surface area (Å²) in [5, 5.41) is 18.6. The van der Waals surface area contributed by atoms with Crippen LogP contribution in [-0.4, -0.2) is 44.4 Å². The van der Waals surface area contributed by atoms with E-state index in [1.807, 2.05) is 13.1 Å². The zero-order valence-corrected chi connectivity index (χ0v) is 9.35. The van der Waals surface area contributed by atoms with E-state index in [2.05, 4.69) is 0 Å². The van der Waals surface area contributed by atoms with Gasteiger partial charge in [-0.25, -0.2) is 0 Å². The topological polar surface area (TPSA) is 58.9 Å². The first kappa shape index (κ1) is 11.1. The zero-order chi connectivity index (χ0) is 9.90. The van der Waals surface area contributed by atoms with Crippen LogP contribution < -0.4 is 0 Å². The Hall–Kier alpha value is 0.0569. The van der Waals surface area contributed by atoms with Crippen molar-refractivity contribution in [2.75, 3.05) is 13.2 Å². The van der Waals surface area contributed by atoms with Crippen molar-refractivity contribution >= 4 is 9.04 Å². The van der Waals surface area contributed by atoms with Gasteiger partial charge in [0.05, 0.1) is 19.3 Å². The van der Waals surface area contributed by atoms with Gasteiger partial charge in [-0.05, 0) is 19.5 Å². The molecule has 13 heavy (non-hydrogen) atoms. The minimum atomic E-state index is -1.15. The molecule has 2 atom stereocenters. The molecule has 0 aromatic rings. The molecule has 78 valence electrons. The summed E-state index contributed by atoms with van der Waals surface area (Å²) in [6.07, 6.45) is 1.04. The molecule has 1 saturated heterocycles. The number of aliphatic hydroxyl groups is 2. The largest absolute Gasteiger partial charge is 0.415 e. The lowest BCUT2D eigenvalue weighted by Gasteiger charge is -2.23. The number of hydrogen-bond acceptors (Lipinski definition) is 4. The summed E-state index contributed by atoms with van der Waals surface area (Å²) in [4.78, 5) is 0. The molecule has 0 saturated carbocycles. The van der Waals surface area contributed by atoms with Gasteiger partial charge < -0.3 is 19.4 Å². The van der Waals surface area contributed by atoms with Gasteiger partial charge in [0.1, 0.15) is 0 Å². The first-order chi connectivity index (χ1) is 6.06. The molecule has 5 heteroatoms. The molecule has 0 aliphatic carbocycles. The molecular weight excluding hydrogens is 188 g/mol. The fourth-order valence-electron chi connectivity index (χ4n) is 1.35. The normalized spacial score (nSPS) is 34.4. The predicted octanol–water partition coefficient (Wildman–Crippen LogP) is -0.154. The Labute approximate surface area is 80.2 Å². The van der Waals surface area contributed by atoms with E-state index < -0.39 is 14.8 Å². The molecule has 1 aliphatic heterocycles. The van der Waals surface area contributed by atoms with E-state index in [0.29, 0.717) is 12.8 Å². The van der Waals surface area contributed by atoms with Crippen molar-refractivity contribution in [3.8, 4) is 0 Å². The fourth-order valence-corrected chi connectivity index (χ4v) is 1.94. The summed E-state index contributed by atoms with van der Waals surface area (Å²) >= 11 is 0. The highest BCUT2D eigenvalue weighted by Crippen LogP contribution is 2.28. The van der Waals surface area contributed by atoms with Gasteiger partial charge in [0.25, 0.3) is 0 Å². The average Bonchev–Trinajstić information content (AvgIpc) is 2.45. The molecule has 1 heterocycles. The van der Waals surface area contributed by atoms with Crippen molar-refractivity contribution in [2.45, 2.75) is 37.8 Å². The van der Waals surface area contributed by atoms with Crippen molar-refractivity contribution in [3.05, 3.63) is 0 Å². The quantitative estimate of drug-likeness (QED) is 0.628. The first-order valence-electron chi connectivity index (χ1n) is 4.68. The second kappa shape index (κ2) is 4.52. The molecule has 1 fully saturated rings. The molecule has 1 aliphatic rings. The Balaban J connectivity index is 2.31. The molecule has 0 spiro atoms. The lowest BCUT2D eigenvalue weighted by molar-refractivity contribution is -0.213. The number of hydrogen-bond donors (Lipinski definition) is 2. The number of rotatable bonds is 4. The third-order valence-electron chi connectivity index (χ3n) is 2.09. The van der Waals surface area contributed by atoms with Crippen molar-refractivity contribution in [1.29, 1.82) is 0 Å². The van der Waals surface area contributed by atoms with E-state index in [1.165, 1.54) is 0 Å². The van der Waals surface area contributed by atoms with Crippen LogP contribution in [0.5, 0.6) is 0 Å². The second-order valence-electron chi connectivity index (χ2n) is 3.77. The lowest BCUT2D eigenvalue weighted by Crippen LogP contribution is -2.36. The minimum absolute atomic E-state index is 0.0264. The summed E-state index contributed by atoms with van der Waals surface area (Å²) in [5.74, 6) is -1.15. The van der Waals surface area contributed by atoms with Crippen LogP contribution in [0.25, 0.3) is 0 Å². The van der Waals surface area contributed by atoms with Crippen molar-refractivity contribution in [2.24, 2.45) is 0 Å². The van der Waals surface area contributed by atoms with Gasteiger partial charge >= 0.3 is 0 Å². The lowest BCUT2D eigenvalue weighted by atomic mass is 10.2. The molecule has 0 radical (unpaired) electrons. The predicted molar refractivity (Wildman–Crippen MR) is 51.0 cm³/mol. The molecule has 1 rings (SSSR count). The minimum Gasteiger partial charge on any atom is -0.415 e. The van der Waals surface area contributed by atoms with Gasteiger partial charge in [0.2, 0.25) is 0 Å². The standard InChI is InChI=1S/C8H18O4Si/c1-13(2)11-6-8(10)4-3-7(5-9)12-8/h7,9-10,13H,3-6H2,1-2H3/t7-,8+/m1/s1. The Morgan fingerprint density at radius 3 is 2.77 bits per heavy atom. The number of ether oxygens (including phenoxy) is 1. The van der Waals surface area contributed by atoms with Crippen molar-refractivity contribution < 1.29 is 19.4 Å². The van der Waals surface area contributed by atoms with Gasteiger partial charge in [0.15, 0.2) is 14.8 Å². The van der Waals surface area contributed by atoms with E-state index in [0.717, 1.165) is 0 Å². The molecule has 0 unspecified atom stereocenters. The maximum absolute atomic E-state index is 9.81. The van der Waals surface area contributed by atoms with Gasteiger partial charge in [0, 0.05) is 6.42 Å². The third kappa shape index (κ3) is 3.36. The van der Waals surface area contributed by atoms with E-state index >= 15 is 0 Å². The van der Waals surface area contributed by atoms with Crippen LogP contribution in [0.1, 0.15) is 12.8 Å². The van der Waals surface area contributed by atoms with E-state index in [9.17, 15) is 5.11 Å². The Morgan fingerprint density at radius 2 is 2.31 bits per heavy atom. The summed E-state index contributed by atoms with van der Waals surface area (Å²) < 4.78 is 10.7. The van der Waals surface area contributed by atoms with Crippen LogP contribution in [0.3, 0.4) is 0 Å². The van der Waals surface area contributed by atoms with Gasteiger partial charge in [-0.2, -0.15) is 0 Å². The van der Waals surface area contributed by atoms with Crippen LogP contribution in [0, 0.1) is 0 Å². The van der Waals surface area contributed by atoms with Crippen molar-refractivity contribution in [3.63, 3.8) is 0 Å². The maximum atomic E-state index is 9.81. The highest BCUT2D eigenvalue weighted by Gasteiger charge is 2.38. The summed E-state index contributed by atoms with van der Waals surface area (Å²) in [6.45, 7) is 4.30. The average molecular weight is 206 g/mol. The van der Waals surface area contributed by atoms with Crippen LogP contribution in [-0.2, 0) is 9.16 Å². The van der Waals surface area contributed by atoms with E-state index in [1.54, 1.807) is 0 Å². The van der Waals surface area contributed by atoms with Gasteiger partial charge in [-0.3, -0.25) is 0 Å². The van der Waals surface area contributed by atoms with Crippen LogP contribution in [0.2, 0.25) is 13.1 Å². The fraction of sp³-hybridized carbons (Fsp3) is 1.00. The highest BCUT2D eigenvalue weighted by atomic mass is 28.3. The SMILES string of the molecule is C[SiH](C)OC[C@]1(O)CC[C@H](CO)O1. The Kier molecular flexibility index (Phi) is 3.87. The molecule has 4 nitrogen and oxygen atoms in total. The van der Waals surface area contributed by atoms with E-state index in [4.69, 9.17) is 14.3 Å². The molecule has 2 N–H and O–H groups in total. The Bertz CT molecular complexity index is 164. The smallest absolute Gasteiger partial charge is 0.188 e. The second-order valence-corrected chi connectivity index (χ2v) is 6.20. The first-order valence-corrected chi connectivity index (χ1v) is 7.46. The number of aliphatic hydroxyl groups excluding tert-OH is 1. The summed E-state index contributed by atoms with van der Waals surface area (Å²) in [6, 6.07) is 0. The molecule has 0 bridgehead atoms. The summed E-state index contributed by atoms with van der Waals surface area (Å²) in [7, 11) is -1.10. The molecule has 0 aromatic carbocycles.